The van der Waals surface area contributed by atoms with Crippen molar-refractivity contribution < 1.29 is 18.8 Å². The smallest absolute Gasteiger partial charge is 0.399 e. The summed E-state index contributed by atoms with van der Waals surface area (Å²) in [5, 5.41) is 0. The number of aldehydes is 1. The van der Waals surface area contributed by atoms with Crippen molar-refractivity contribution in [1.82, 2.24) is 0 Å². The minimum atomic E-state index is -0.439. The van der Waals surface area contributed by atoms with Gasteiger partial charge in [0.1, 0.15) is 6.29 Å². The van der Waals surface area contributed by atoms with Gasteiger partial charge in [-0.05, 0) is 44.8 Å². The van der Waals surface area contributed by atoms with Crippen LogP contribution in [0.2, 0.25) is 0 Å². The molecule has 0 unspecified atom stereocenters. The molecule has 20 heavy (non-hydrogen) atoms. The van der Waals surface area contributed by atoms with E-state index in [1.165, 1.54) is 0 Å². The third kappa shape index (κ3) is 2.66. The summed E-state index contributed by atoms with van der Waals surface area (Å²) in [7, 11) is 1.19. The molecule has 108 valence electrons. The van der Waals surface area contributed by atoms with E-state index in [9.17, 15) is 4.79 Å². The first-order valence-electron chi connectivity index (χ1n) is 6.73. The molecule has 0 bridgehead atoms. The monoisotopic (exact) mass is 276 g/mol. The minimum Gasteiger partial charge on any atom is -0.399 e. The van der Waals surface area contributed by atoms with E-state index in [2.05, 4.69) is 0 Å². The molecule has 1 aromatic rings. The molecule has 1 saturated heterocycles. The molecule has 1 aliphatic heterocycles. The molecule has 0 aliphatic carbocycles. The Balaban J connectivity index is 2.36. The Hall–Kier alpha value is -1.17. The van der Waals surface area contributed by atoms with Crippen LogP contribution in [-0.4, -0.2) is 31.7 Å². The van der Waals surface area contributed by atoms with Crippen molar-refractivity contribution in [3.63, 3.8) is 0 Å². The molecule has 0 N–H and O–H groups in total. The molecule has 0 aromatic heterocycles. The highest BCUT2D eigenvalue weighted by Gasteiger charge is 2.52. The summed E-state index contributed by atoms with van der Waals surface area (Å²) < 4.78 is 17.3. The second kappa shape index (κ2) is 5.32. The van der Waals surface area contributed by atoms with Crippen LogP contribution in [-0.2, 0) is 20.7 Å². The van der Waals surface area contributed by atoms with Gasteiger partial charge in [-0.15, -0.1) is 0 Å². The summed E-state index contributed by atoms with van der Waals surface area (Å²) in [6.07, 6.45) is 0.827. The molecule has 0 saturated carbocycles. The van der Waals surface area contributed by atoms with Crippen LogP contribution >= 0.6 is 0 Å². The molecule has 1 aliphatic rings. The molecule has 0 atom stereocenters. The highest BCUT2D eigenvalue weighted by molar-refractivity contribution is 6.62. The third-order valence-corrected chi connectivity index (χ3v) is 4.11. The van der Waals surface area contributed by atoms with Crippen LogP contribution in [0, 0.1) is 0 Å². The van der Waals surface area contributed by atoms with E-state index in [0.717, 1.165) is 17.3 Å². The maximum absolute atomic E-state index is 10.9. The molecular formula is C15H21BO4. The summed E-state index contributed by atoms with van der Waals surface area (Å²) >= 11 is 0. The minimum absolute atomic E-state index is 0.384. The molecule has 4 nitrogen and oxygen atoms in total. The third-order valence-electron chi connectivity index (χ3n) is 4.11. The lowest BCUT2D eigenvalue weighted by molar-refractivity contribution is 0.00578. The first kappa shape index (κ1) is 15.2. The number of methoxy groups -OCH3 is 1. The van der Waals surface area contributed by atoms with E-state index >= 15 is 0 Å². The van der Waals surface area contributed by atoms with E-state index < -0.39 is 7.12 Å². The zero-order chi connectivity index (χ0) is 15.0. The van der Waals surface area contributed by atoms with Gasteiger partial charge in [0.25, 0.3) is 0 Å². The highest BCUT2D eigenvalue weighted by Crippen LogP contribution is 2.36. The SMILES string of the molecule is COCc1cc(C=O)ccc1B1OC(C)(C)C(C)(C)O1. The van der Waals surface area contributed by atoms with Crippen molar-refractivity contribution in [2.45, 2.75) is 45.5 Å². The van der Waals surface area contributed by atoms with Gasteiger partial charge in [-0.3, -0.25) is 4.79 Å². The molecule has 0 radical (unpaired) electrons. The number of hydrogen-bond acceptors (Lipinski definition) is 4. The van der Waals surface area contributed by atoms with Crippen LogP contribution in [0.4, 0.5) is 0 Å². The molecule has 2 rings (SSSR count). The van der Waals surface area contributed by atoms with E-state index in [0.29, 0.717) is 12.2 Å². The van der Waals surface area contributed by atoms with Gasteiger partial charge in [0.2, 0.25) is 0 Å². The number of carbonyl (C=O) groups excluding carboxylic acids is 1. The predicted octanol–water partition coefficient (Wildman–Crippen LogP) is 1.94. The Morgan fingerprint density at radius 2 is 1.80 bits per heavy atom. The molecule has 1 aromatic carbocycles. The Labute approximate surface area is 120 Å². The van der Waals surface area contributed by atoms with Crippen molar-refractivity contribution in [3.05, 3.63) is 29.3 Å². The van der Waals surface area contributed by atoms with Crippen molar-refractivity contribution >= 4 is 18.9 Å². The second-order valence-corrected chi connectivity index (χ2v) is 6.10. The Bertz CT molecular complexity index is 495. The molecule has 0 spiro atoms. The van der Waals surface area contributed by atoms with Gasteiger partial charge in [0.15, 0.2) is 0 Å². The summed E-state index contributed by atoms with van der Waals surface area (Å²) in [5.41, 5.74) is 1.68. The van der Waals surface area contributed by atoms with Gasteiger partial charge < -0.3 is 14.0 Å². The van der Waals surface area contributed by atoms with E-state index in [1.54, 1.807) is 13.2 Å². The van der Waals surface area contributed by atoms with Gasteiger partial charge in [0.05, 0.1) is 17.8 Å². The number of rotatable bonds is 4. The lowest BCUT2D eigenvalue weighted by atomic mass is 9.75. The van der Waals surface area contributed by atoms with Crippen molar-refractivity contribution in [2.75, 3.05) is 7.11 Å². The fourth-order valence-corrected chi connectivity index (χ4v) is 2.18. The van der Waals surface area contributed by atoms with E-state index in [4.69, 9.17) is 14.0 Å². The maximum Gasteiger partial charge on any atom is 0.495 e. The summed E-state index contributed by atoms with van der Waals surface area (Å²) in [5.74, 6) is 0. The number of benzene rings is 1. The molecule has 0 amide bonds. The second-order valence-electron chi connectivity index (χ2n) is 6.10. The first-order chi connectivity index (χ1) is 9.30. The van der Waals surface area contributed by atoms with E-state index in [-0.39, 0.29) is 11.2 Å². The number of ether oxygens (including phenoxy) is 1. The van der Waals surface area contributed by atoms with Gasteiger partial charge >= 0.3 is 7.12 Å². The Kier molecular flexibility index (Phi) is 4.05. The zero-order valence-corrected chi connectivity index (χ0v) is 12.7. The first-order valence-corrected chi connectivity index (χ1v) is 6.73. The highest BCUT2D eigenvalue weighted by atomic mass is 16.7. The summed E-state index contributed by atoms with van der Waals surface area (Å²) in [6.45, 7) is 8.48. The average Bonchev–Trinajstić information content (AvgIpc) is 2.58. The predicted molar refractivity (Wildman–Crippen MR) is 78.3 cm³/mol. The number of carbonyl (C=O) groups is 1. The Morgan fingerprint density at radius 1 is 1.20 bits per heavy atom. The van der Waals surface area contributed by atoms with Gasteiger partial charge in [-0.1, -0.05) is 12.1 Å². The van der Waals surface area contributed by atoms with Crippen LogP contribution in [0.15, 0.2) is 18.2 Å². The Morgan fingerprint density at radius 3 is 2.30 bits per heavy atom. The summed E-state index contributed by atoms with van der Waals surface area (Å²) in [4.78, 5) is 10.9. The van der Waals surface area contributed by atoms with Gasteiger partial charge in [-0.2, -0.15) is 0 Å². The molecular weight excluding hydrogens is 255 g/mol. The largest absolute Gasteiger partial charge is 0.495 e. The van der Waals surface area contributed by atoms with Crippen LogP contribution in [0.1, 0.15) is 43.6 Å². The van der Waals surface area contributed by atoms with Gasteiger partial charge in [0, 0.05) is 12.7 Å². The normalized spacial score (nSPS) is 20.1. The quantitative estimate of drug-likeness (QED) is 0.622. The van der Waals surface area contributed by atoms with E-state index in [1.807, 2.05) is 39.8 Å². The van der Waals surface area contributed by atoms with Gasteiger partial charge in [-0.25, -0.2) is 0 Å². The lowest BCUT2D eigenvalue weighted by Gasteiger charge is -2.32. The van der Waals surface area contributed by atoms with Crippen molar-refractivity contribution in [2.24, 2.45) is 0 Å². The standard InChI is InChI=1S/C15H21BO4/c1-14(2)15(3,4)20-16(19-14)13-7-6-11(9-17)8-12(13)10-18-5/h6-9H,10H2,1-5H3. The van der Waals surface area contributed by atoms with Crippen LogP contribution in [0.5, 0.6) is 0 Å². The number of hydrogen-bond donors (Lipinski definition) is 0. The summed E-state index contributed by atoms with van der Waals surface area (Å²) in [6, 6.07) is 5.46. The fourth-order valence-electron chi connectivity index (χ4n) is 2.18. The maximum atomic E-state index is 10.9. The average molecular weight is 276 g/mol. The van der Waals surface area contributed by atoms with Crippen LogP contribution in [0.25, 0.3) is 0 Å². The lowest BCUT2D eigenvalue weighted by Crippen LogP contribution is -2.41. The molecule has 5 heteroatoms. The molecule has 1 fully saturated rings. The van der Waals surface area contributed by atoms with Crippen molar-refractivity contribution in [1.29, 1.82) is 0 Å². The van der Waals surface area contributed by atoms with Crippen molar-refractivity contribution in [3.8, 4) is 0 Å². The fraction of sp³-hybridized carbons (Fsp3) is 0.533. The zero-order valence-electron chi connectivity index (χ0n) is 12.7. The van der Waals surface area contributed by atoms with Crippen LogP contribution in [0.3, 0.4) is 0 Å². The molecule has 1 heterocycles. The van der Waals surface area contributed by atoms with Crippen LogP contribution < -0.4 is 5.46 Å². The topological polar surface area (TPSA) is 44.8 Å².